The molecule has 0 amide bonds. The van der Waals surface area contributed by atoms with Crippen LogP contribution in [0.15, 0.2) is 42.7 Å². The zero-order valence-corrected chi connectivity index (χ0v) is 11.9. The quantitative estimate of drug-likeness (QED) is 0.878. The molecule has 0 spiro atoms. The number of hydrogen-bond donors (Lipinski definition) is 1. The van der Waals surface area contributed by atoms with E-state index in [-0.39, 0.29) is 6.04 Å². The molecule has 106 valence electrons. The van der Waals surface area contributed by atoms with Crippen molar-refractivity contribution in [2.24, 2.45) is 5.73 Å². The van der Waals surface area contributed by atoms with Gasteiger partial charge in [-0.25, -0.2) is 0 Å². The van der Waals surface area contributed by atoms with E-state index >= 15 is 0 Å². The van der Waals surface area contributed by atoms with Gasteiger partial charge in [-0.2, -0.15) is 0 Å². The van der Waals surface area contributed by atoms with Gasteiger partial charge in [0.25, 0.3) is 0 Å². The van der Waals surface area contributed by atoms with Gasteiger partial charge in [0.15, 0.2) is 11.5 Å². The van der Waals surface area contributed by atoms with Crippen LogP contribution in [0.5, 0.6) is 11.5 Å². The molecule has 4 heteroatoms. The fraction of sp³-hybridized carbons (Fsp3) is 0.312. The Labute approximate surface area is 119 Å². The second-order valence-corrected chi connectivity index (χ2v) is 4.48. The van der Waals surface area contributed by atoms with Gasteiger partial charge in [-0.05, 0) is 36.6 Å². The lowest BCUT2D eigenvalue weighted by atomic mass is 10.00. The second kappa shape index (κ2) is 6.91. The van der Waals surface area contributed by atoms with Crippen molar-refractivity contribution in [3.63, 3.8) is 0 Å². The molecule has 0 saturated carbocycles. The number of benzene rings is 1. The van der Waals surface area contributed by atoms with Gasteiger partial charge in [-0.15, -0.1) is 0 Å². The molecule has 0 aliphatic carbocycles. The van der Waals surface area contributed by atoms with Gasteiger partial charge in [0.2, 0.25) is 0 Å². The summed E-state index contributed by atoms with van der Waals surface area (Å²) in [4.78, 5) is 4.10. The summed E-state index contributed by atoms with van der Waals surface area (Å²) in [7, 11) is 1.64. The maximum absolute atomic E-state index is 6.25. The van der Waals surface area contributed by atoms with Crippen molar-refractivity contribution < 1.29 is 9.47 Å². The van der Waals surface area contributed by atoms with E-state index in [1.54, 1.807) is 19.5 Å². The minimum atomic E-state index is -0.116. The summed E-state index contributed by atoms with van der Waals surface area (Å²) in [6, 6.07) is 9.62. The number of methoxy groups -OCH3 is 1. The molecule has 2 aromatic rings. The first kappa shape index (κ1) is 14.3. The molecule has 0 radical (unpaired) electrons. The van der Waals surface area contributed by atoms with Crippen molar-refractivity contribution in [1.82, 2.24) is 4.98 Å². The normalized spacial score (nSPS) is 11.9. The molecule has 0 aliphatic heterocycles. The maximum atomic E-state index is 6.25. The lowest BCUT2D eigenvalue weighted by Crippen LogP contribution is -2.14. The van der Waals surface area contributed by atoms with Gasteiger partial charge in [-0.3, -0.25) is 4.98 Å². The Morgan fingerprint density at radius 1 is 1.25 bits per heavy atom. The minimum absolute atomic E-state index is 0.116. The zero-order valence-electron chi connectivity index (χ0n) is 11.9. The largest absolute Gasteiger partial charge is 0.493 e. The number of rotatable bonds is 6. The van der Waals surface area contributed by atoms with Crippen LogP contribution in [0.1, 0.15) is 24.1 Å². The molecular formula is C16H20N2O2. The van der Waals surface area contributed by atoms with E-state index in [0.29, 0.717) is 13.0 Å². The number of hydrogen-bond acceptors (Lipinski definition) is 4. The highest BCUT2D eigenvalue weighted by atomic mass is 16.5. The van der Waals surface area contributed by atoms with E-state index in [2.05, 4.69) is 4.98 Å². The van der Waals surface area contributed by atoms with E-state index in [1.807, 2.05) is 37.3 Å². The van der Waals surface area contributed by atoms with Crippen LogP contribution >= 0.6 is 0 Å². The first-order valence-electron chi connectivity index (χ1n) is 6.70. The Hall–Kier alpha value is -2.07. The molecule has 1 aromatic carbocycles. The zero-order chi connectivity index (χ0) is 14.4. The van der Waals surface area contributed by atoms with Crippen molar-refractivity contribution in [1.29, 1.82) is 0 Å². The maximum Gasteiger partial charge on any atom is 0.164 e. The molecule has 2 N–H and O–H groups in total. The van der Waals surface area contributed by atoms with Gasteiger partial charge in [0.1, 0.15) is 0 Å². The lowest BCUT2D eigenvalue weighted by molar-refractivity contribution is 0.307. The molecule has 1 unspecified atom stereocenters. The van der Waals surface area contributed by atoms with E-state index in [9.17, 15) is 0 Å². The summed E-state index contributed by atoms with van der Waals surface area (Å²) in [5.74, 6) is 1.51. The van der Waals surface area contributed by atoms with E-state index in [1.165, 1.54) is 0 Å². The second-order valence-electron chi connectivity index (χ2n) is 4.48. The van der Waals surface area contributed by atoms with E-state index in [4.69, 9.17) is 15.2 Å². The van der Waals surface area contributed by atoms with Crippen LogP contribution in [0, 0.1) is 0 Å². The molecule has 0 bridgehead atoms. The van der Waals surface area contributed by atoms with Crippen LogP contribution in [0.25, 0.3) is 0 Å². The van der Waals surface area contributed by atoms with Crippen molar-refractivity contribution in [2.45, 2.75) is 19.4 Å². The summed E-state index contributed by atoms with van der Waals surface area (Å²) in [6.07, 6.45) is 4.22. The van der Waals surface area contributed by atoms with Crippen molar-refractivity contribution in [3.05, 3.63) is 53.9 Å². The Balaban J connectivity index is 2.24. The van der Waals surface area contributed by atoms with Gasteiger partial charge in [0.05, 0.1) is 13.7 Å². The fourth-order valence-corrected chi connectivity index (χ4v) is 2.14. The van der Waals surface area contributed by atoms with Gasteiger partial charge < -0.3 is 15.2 Å². The van der Waals surface area contributed by atoms with Gasteiger partial charge >= 0.3 is 0 Å². The molecule has 1 aromatic heterocycles. The number of pyridine rings is 1. The topological polar surface area (TPSA) is 57.4 Å². The molecule has 2 rings (SSSR count). The third kappa shape index (κ3) is 3.27. The van der Waals surface area contributed by atoms with Crippen LogP contribution in [0.2, 0.25) is 0 Å². The summed E-state index contributed by atoms with van der Waals surface area (Å²) < 4.78 is 11.0. The number of para-hydroxylation sites is 1. The van der Waals surface area contributed by atoms with E-state index < -0.39 is 0 Å². The fourth-order valence-electron chi connectivity index (χ4n) is 2.14. The molecule has 0 fully saturated rings. The third-order valence-electron chi connectivity index (χ3n) is 3.12. The van der Waals surface area contributed by atoms with E-state index in [0.717, 1.165) is 22.6 Å². The highest BCUT2D eigenvalue weighted by Crippen LogP contribution is 2.33. The molecule has 1 atom stereocenters. The van der Waals surface area contributed by atoms with Crippen molar-refractivity contribution in [3.8, 4) is 11.5 Å². The standard InChI is InChI=1S/C16H20N2O2/c1-3-20-16-12(6-4-8-15(16)19-2)10-14(17)13-7-5-9-18-11-13/h4-9,11,14H,3,10,17H2,1-2H3. The highest BCUT2D eigenvalue weighted by Gasteiger charge is 2.14. The third-order valence-corrected chi connectivity index (χ3v) is 3.12. The summed E-state index contributed by atoms with van der Waals surface area (Å²) in [6.45, 7) is 2.55. The Morgan fingerprint density at radius 3 is 2.75 bits per heavy atom. The molecule has 1 heterocycles. The predicted octanol–water partition coefficient (Wildman–Crippen LogP) is 2.73. The molecular weight excluding hydrogens is 252 g/mol. The van der Waals surface area contributed by atoms with Gasteiger partial charge in [0, 0.05) is 18.4 Å². The Morgan fingerprint density at radius 2 is 2.10 bits per heavy atom. The number of ether oxygens (including phenoxy) is 2. The average molecular weight is 272 g/mol. The molecule has 20 heavy (non-hydrogen) atoms. The lowest BCUT2D eigenvalue weighted by Gasteiger charge is -2.17. The van der Waals surface area contributed by atoms with Crippen LogP contribution in [-0.4, -0.2) is 18.7 Å². The number of nitrogens with two attached hydrogens (primary N) is 1. The van der Waals surface area contributed by atoms with Crippen LogP contribution < -0.4 is 15.2 Å². The van der Waals surface area contributed by atoms with Crippen LogP contribution in [0.4, 0.5) is 0 Å². The number of aromatic nitrogens is 1. The number of nitrogens with zero attached hydrogens (tertiary/aromatic N) is 1. The Kier molecular flexibility index (Phi) is 4.96. The SMILES string of the molecule is CCOc1c(CC(N)c2cccnc2)cccc1OC. The van der Waals surface area contributed by atoms with Crippen molar-refractivity contribution in [2.75, 3.05) is 13.7 Å². The summed E-state index contributed by atoms with van der Waals surface area (Å²) in [5, 5.41) is 0. The smallest absolute Gasteiger partial charge is 0.164 e. The van der Waals surface area contributed by atoms with Gasteiger partial charge in [-0.1, -0.05) is 18.2 Å². The molecule has 0 saturated heterocycles. The first-order valence-corrected chi connectivity index (χ1v) is 6.70. The van der Waals surface area contributed by atoms with Crippen LogP contribution in [-0.2, 0) is 6.42 Å². The van der Waals surface area contributed by atoms with Crippen molar-refractivity contribution >= 4 is 0 Å². The Bertz CT molecular complexity index is 543. The highest BCUT2D eigenvalue weighted by molar-refractivity contribution is 5.47. The molecule has 4 nitrogen and oxygen atoms in total. The molecule has 0 aliphatic rings. The summed E-state index contributed by atoms with van der Waals surface area (Å²) in [5.41, 5.74) is 8.30. The predicted molar refractivity (Wildman–Crippen MR) is 79.0 cm³/mol. The first-order chi connectivity index (χ1) is 9.76. The summed E-state index contributed by atoms with van der Waals surface area (Å²) >= 11 is 0. The minimum Gasteiger partial charge on any atom is -0.493 e. The monoisotopic (exact) mass is 272 g/mol. The average Bonchev–Trinajstić information content (AvgIpc) is 2.50. The van der Waals surface area contributed by atoms with Crippen LogP contribution in [0.3, 0.4) is 0 Å².